The zero-order valence-corrected chi connectivity index (χ0v) is 31.6. The number of azo groups is 2. The molecule has 2 aliphatic heterocycles. The van der Waals surface area contributed by atoms with Crippen molar-refractivity contribution in [1.29, 1.82) is 0 Å². The van der Waals surface area contributed by atoms with Crippen molar-refractivity contribution in [3.8, 4) is 11.1 Å². The first-order valence-electron chi connectivity index (χ1n) is 16.1. The second kappa shape index (κ2) is 17.2. The number of barbiturate groups is 1. The van der Waals surface area contributed by atoms with E-state index in [2.05, 4.69) is 27.0 Å². The number of carbonyl (C=O) groups excluding carboxylic acids is 5. The fourth-order valence-corrected chi connectivity index (χ4v) is 6.73. The first-order chi connectivity index (χ1) is 25.5. The van der Waals surface area contributed by atoms with Crippen molar-refractivity contribution in [2.24, 2.45) is 20.5 Å². The van der Waals surface area contributed by atoms with Crippen molar-refractivity contribution < 1.29 is 34.0 Å². The molecule has 0 bridgehead atoms. The zero-order valence-electron chi connectivity index (χ0n) is 30.0. The molecule has 2 fully saturated rings. The van der Waals surface area contributed by atoms with Gasteiger partial charge in [0.2, 0.25) is 12.1 Å². The first-order valence-corrected chi connectivity index (χ1v) is 17.9. The van der Waals surface area contributed by atoms with E-state index in [1.54, 1.807) is 6.92 Å². The first kappa shape index (κ1) is 40.8. The summed E-state index contributed by atoms with van der Waals surface area (Å²) in [7, 11) is 5.25. The lowest BCUT2D eigenvalue weighted by Gasteiger charge is -2.34. The van der Waals surface area contributed by atoms with E-state index in [1.807, 2.05) is 6.92 Å². The van der Waals surface area contributed by atoms with E-state index in [-0.39, 0.29) is 39.9 Å². The molecule has 0 aliphatic carbocycles. The highest BCUT2D eigenvalue weighted by Crippen LogP contribution is 2.43. The maximum atomic E-state index is 12.8. The van der Waals surface area contributed by atoms with Crippen LogP contribution >= 0.6 is 23.9 Å². The molecule has 0 atom stereocenters. The van der Waals surface area contributed by atoms with E-state index in [1.165, 1.54) is 64.6 Å². The topological polar surface area (TPSA) is 241 Å². The van der Waals surface area contributed by atoms with Crippen molar-refractivity contribution in [3.63, 3.8) is 0 Å². The summed E-state index contributed by atoms with van der Waals surface area (Å²) in [5, 5.41) is 39.3. The Hall–Kier alpha value is -5.97. The largest absolute Gasteiger partial charge is 0.333 e. The summed E-state index contributed by atoms with van der Waals surface area (Å²) < 4.78 is 1.68. The number of benzene rings is 2. The fourth-order valence-electron chi connectivity index (χ4n) is 4.97. The minimum atomic E-state index is -1.65. The van der Waals surface area contributed by atoms with E-state index < -0.39 is 51.8 Å². The Morgan fingerprint density at radius 3 is 1.72 bits per heavy atom. The van der Waals surface area contributed by atoms with Crippen LogP contribution in [0.15, 0.2) is 74.2 Å². The molecular weight excluding hydrogens is 749 g/mol. The quantitative estimate of drug-likeness (QED) is 0.0785. The smallest absolute Gasteiger partial charge is 0.299 e. The highest BCUT2D eigenvalue weighted by atomic mass is 32.2. The van der Waals surface area contributed by atoms with Gasteiger partial charge in [-0.3, -0.25) is 38.8 Å². The lowest BCUT2D eigenvalue weighted by molar-refractivity contribution is -0.616. The summed E-state index contributed by atoms with van der Waals surface area (Å²) in [5.41, 5.74) is 0.647. The molecule has 0 unspecified atom stereocenters. The Balaban J connectivity index is 1.86. The summed E-state index contributed by atoms with van der Waals surface area (Å²) in [6, 6.07) is 4.59. The van der Waals surface area contributed by atoms with Gasteiger partial charge in [-0.25, -0.2) is 25.0 Å². The zero-order chi connectivity index (χ0) is 40.0. The molecule has 4 rings (SSSR count). The van der Waals surface area contributed by atoms with Gasteiger partial charge < -0.3 is 0 Å². The fraction of sp³-hybridized carbons (Fsp3) is 0.387. The van der Waals surface area contributed by atoms with Crippen LogP contribution in [-0.2, 0) is 19.2 Å². The summed E-state index contributed by atoms with van der Waals surface area (Å²) in [4.78, 5) is 91.7. The van der Waals surface area contributed by atoms with E-state index in [4.69, 9.17) is 0 Å². The van der Waals surface area contributed by atoms with Crippen LogP contribution in [0.5, 0.6) is 0 Å². The molecule has 6 amide bonds. The van der Waals surface area contributed by atoms with E-state index in [9.17, 15) is 44.2 Å². The lowest BCUT2D eigenvalue weighted by Crippen LogP contribution is -2.58. The molecule has 0 aromatic heterocycles. The molecule has 2 aromatic rings. The van der Waals surface area contributed by atoms with Gasteiger partial charge in [-0.2, -0.15) is 20.5 Å². The van der Waals surface area contributed by atoms with Crippen LogP contribution < -0.4 is 4.41 Å². The summed E-state index contributed by atoms with van der Waals surface area (Å²) in [6.45, 7) is 7.29. The molecule has 2 aliphatic rings. The number of urea groups is 1. The standard InChI is InChI=1S/C31H36N12O9S2/c1-8-14-40(42(49)50)54-24-17-20(33-35-26-29(46)38(6)31(48)39(7)30(26)47)11-13-22(24)21-12-10-19(16-23(21)41(43(51)52)53-15-9-2)32-34-25-27(44)36(4)18(3)37(5)28(25)45/h10-13,16-17,25-26H,3,8-9,14-15H2,1-2,4-7H3/b34-32?,35-33-. The summed E-state index contributed by atoms with van der Waals surface area (Å²) in [6.07, 6.45) is 0.969. The van der Waals surface area contributed by atoms with Crippen molar-refractivity contribution in [3.05, 3.63) is 69.0 Å². The average molecular weight is 785 g/mol. The van der Waals surface area contributed by atoms with E-state index >= 15 is 0 Å². The maximum Gasteiger partial charge on any atom is 0.333 e. The predicted molar refractivity (Wildman–Crippen MR) is 196 cm³/mol. The predicted octanol–water partition coefficient (Wildman–Crippen LogP) is 4.68. The molecule has 2 heterocycles. The van der Waals surface area contributed by atoms with Gasteiger partial charge in [-0.1, -0.05) is 30.9 Å². The molecule has 2 aromatic carbocycles. The minimum Gasteiger partial charge on any atom is -0.299 e. The van der Waals surface area contributed by atoms with Crippen molar-refractivity contribution in [1.82, 2.24) is 24.0 Å². The van der Waals surface area contributed by atoms with Gasteiger partial charge in [0.05, 0.1) is 29.9 Å². The average Bonchev–Trinajstić information content (AvgIpc) is 3.14. The van der Waals surface area contributed by atoms with Crippen molar-refractivity contribution in [2.75, 3.05) is 44.9 Å². The molecule has 0 N–H and O–H groups in total. The molecule has 2 saturated heterocycles. The van der Waals surface area contributed by atoms with Crippen LogP contribution in [0.1, 0.15) is 26.7 Å². The van der Waals surface area contributed by atoms with Crippen LogP contribution in [0.4, 0.5) is 21.9 Å². The van der Waals surface area contributed by atoms with Gasteiger partial charge in [-0.15, -0.1) is 0 Å². The maximum absolute atomic E-state index is 12.8. The number of hydrogen-bond donors (Lipinski definition) is 0. The van der Waals surface area contributed by atoms with Crippen LogP contribution in [0.25, 0.3) is 11.1 Å². The highest BCUT2D eigenvalue weighted by molar-refractivity contribution is 8.00. The number of nitro groups is 2. The molecule has 0 radical (unpaired) electrons. The lowest BCUT2D eigenvalue weighted by atomic mass is 10.0. The Kier molecular flexibility index (Phi) is 13.0. The van der Waals surface area contributed by atoms with Crippen LogP contribution in [0.3, 0.4) is 0 Å². The van der Waals surface area contributed by atoms with Crippen LogP contribution in [0.2, 0.25) is 0 Å². The molecule has 0 saturated carbocycles. The third kappa shape index (κ3) is 8.46. The SMILES string of the molecule is C=C1N(C)C(=O)C(N=Nc2ccc(-c3ccc(/N=N\C4C(=O)N(C)C(=O)N(C)C4=O)cc3SN(CCC)[N+](=O)[O-])c(N(SCCC)[N+](=O)[O-])c2)C(=O)N1C. The number of rotatable bonds is 15. The van der Waals surface area contributed by atoms with E-state index in [0.29, 0.717) is 36.1 Å². The third-order valence-corrected chi connectivity index (χ3v) is 10.2. The Morgan fingerprint density at radius 1 is 0.741 bits per heavy atom. The van der Waals surface area contributed by atoms with Crippen LogP contribution in [-0.4, -0.2) is 116 Å². The Morgan fingerprint density at radius 2 is 1.24 bits per heavy atom. The Labute approximate surface area is 317 Å². The number of anilines is 1. The van der Waals surface area contributed by atoms with Crippen LogP contribution in [0, 0.1) is 20.2 Å². The molecule has 54 heavy (non-hydrogen) atoms. The monoisotopic (exact) mass is 784 g/mol. The second-order valence-electron chi connectivity index (χ2n) is 11.7. The number of nitrogens with zero attached hydrogens (tertiary/aromatic N) is 12. The molecule has 23 heteroatoms. The normalized spacial score (nSPS) is 16.1. The number of amides is 6. The number of likely N-dealkylation sites (N-methyl/N-ethyl adjacent to an activating group) is 4. The number of hydrogen-bond acceptors (Lipinski definition) is 15. The minimum absolute atomic E-state index is 0.00711. The van der Waals surface area contributed by atoms with Crippen molar-refractivity contribution in [2.45, 2.75) is 43.7 Å². The number of imide groups is 2. The number of carbonyl (C=O) groups is 5. The highest BCUT2D eigenvalue weighted by Gasteiger charge is 2.43. The van der Waals surface area contributed by atoms with Gasteiger partial charge in [0.15, 0.2) is 10.1 Å². The van der Waals surface area contributed by atoms with E-state index in [0.717, 1.165) is 40.4 Å². The van der Waals surface area contributed by atoms with Gasteiger partial charge in [0.1, 0.15) is 11.5 Å². The second-order valence-corrected chi connectivity index (χ2v) is 13.7. The van der Waals surface area contributed by atoms with Gasteiger partial charge in [-0.05, 0) is 53.2 Å². The van der Waals surface area contributed by atoms with Crippen molar-refractivity contribution >= 4 is 70.6 Å². The molecule has 21 nitrogen and oxygen atoms in total. The molecular formula is C31H36N12O9S2. The van der Waals surface area contributed by atoms with Gasteiger partial charge >= 0.3 is 6.03 Å². The number of hydrazine groups is 2. The van der Waals surface area contributed by atoms with Gasteiger partial charge in [0.25, 0.3) is 23.6 Å². The third-order valence-electron chi connectivity index (χ3n) is 7.99. The summed E-state index contributed by atoms with van der Waals surface area (Å²) >= 11 is 1.60. The summed E-state index contributed by atoms with van der Waals surface area (Å²) in [5.74, 6) is -2.63. The Bertz CT molecular complexity index is 1910. The molecule has 0 spiro atoms. The van der Waals surface area contributed by atoms with Gasteiger partial charge in [0, 0.05) is 56.4 Å². The molecule has 286 valence electrons.